The predicted octanol–water partition coefficient (Wildman–Crippen LogP) is 4.68. The highest BCUT2D eigenvalue weighted by atomic mass is 32.2. The smallest absolute Gasteiger partial charge is 0.406 e. The van der Waals surface area contributed by atoms with Crippen molar-refractivity contribution < 1.29 is 26.3 Å². The van der Waals surface area contributed by atoms with Crippen molar-refractivity contribution in [2.24, 2.45) is 0 Å². The van der Waals surface area contributed by atoms with E-state index in [-0.39, 0.29) is 23.2 Å². The van der Waals surface area contributed by atoms with Crippen molar-refractivity contribution in [3.05, 3.63) is 101 Å². The highest BCUT2D eigenvalue weighted by Gasteiger charge is 2.35. The topological polar surface area (TPSA) is 123 Å². The Balaban J connectivity index is 1.44. The minimum atomic E-state index is -4.85. The Hall–Kier alpha value is -4.72. The zero-order chi connectivity index (χ0) is 28.8. The lowest BCUT2D eigenvalue weighted by atomic mass is 10.0. The Morgan fingerprint density at radius 1 is 1.00 bits per heavy atom. The molecule has 1 fully saturated rings. The third kappa shape index (κ3) is 5.37. The van der Waals surface area contributed by atoms with Crippen molar-refractivity contribution in [2.75, 3.05) is 4.31 Å². The molecule has 3 aromatic carbocycles. The largest absolute Gasteiger partial charge is 0.573 e. The van der Waals surface area contributed by atoms with Crippen LogP contribution in [0.2, 0.25) is 0 Å². The van der Waals surface area contributed by atoms with Gasteiger partial charge in [-0.15, -0.1) is 13.2 Å². The third-order valence-corrected chi connectivity index (χ3v) is 8.41. The van der Waals surface area contributed by atoms with Gasteiger partial charge < -0.3 is 4.74 Å². The molecule has 5 aromatic rings. The molecule has 210 valence electrons. The lowest BCUT2D eigenvalue weighted by Gasteiger charge is -2.27. The first-order chi connectivity index (χ1) is 19.6. The molecule has 41 heavy (non-hydrogen) atoms. The monoisotopic (exact) mass is 582 g/mol. The fraction of sp³-hybridized carbons (Fsp3) is 0.185. The minimum absolute atomic E-state index is 0.0773. The number of alkyl halides is 3. The number of aromatic nitrogens is 5. The van der Waals surface area contributed by atoms with Crippen molar-refractivity contribution in [2.45, 2.75) is 36.6 Å². The summed E-state index contributed by atoms with van der Waals surface area (Å²) in [5.41, 5.74) is 0.937. The van der Waals surface area contributed by atoms with Gasteiger partial charge in [0.05, 0.1) is 17.1 Å². The number of sulfonamides is 1. The Morgan fingerprint density at radius 2 is 1.71 bits per heavy atom. The van der Waals surface area contributed by atoms with Crippen LogP contribution in [-0.4, -0.2) is 40.0 Å². The van der Waals surface area contributed by atoms with Crippen LogP contribution in [0.3, 0.4) is 0 Å². The number of halogens is 3. The molecule has 2 heterocycles. The summed E-state index contributed by atoms with van der Waals surface area (Å²) < 4.78 is 72.5. The molecule has 1 saturated carbocycles. The van der Waals surface area contributed by atoms with E-state index in [9.17, 15) is 26.4 Å². The van der Waals surface area contributed by atoms with Crippen LogP contribution in [-0.2, 0) is 16.6 Å². The standard InChI is InChI=1S/C27H21F3N6O4S/c28-27(29,30)40-21-11-5-17(6-12-21)16-35(25-24(18-7-8-18)23-4-2-1-3-19(23)15-31-25)41(38,39)22-13-9-20(10-14-22)36-26(37)32-33-34-36/h1-6,9-15,18H,7-8,16H2,(H,32,34,37). The van der Waals surface area contributed by atoms with E-state index in [2.05, 4.69) is 25.2 Å². The minimum Gasteiger partial charge on any atom is -0.406 e. The number of fused-ring (bicyclic) bond motifs is 1. The van der Waals surface area contributed by atoms with E-state index in [1.807, 2.05) is 24.3 Å². The zero-order valence-electron chi connectivity index (χ0n) is 21.1. The van der Waals surface area contributed by atoms with Gasteiger partial charge in [-0.1, -0.05) is 36.4 Å². The van der Waals surface area contributed by atoms with E-state index in [1.54, 1.807) is 6.20 Å². The van der Waals surface area contributed by atoms with Crippen molar-refractivity contribution in [1.82, 2.24) is 25.2 Å². The van der Waals surface area contributed by atoms with E-state index in [4.69, 9.17) is 0 Å². The molecule has 6 rings (SSSR count). The Morgan fingerprint density at radius 3 is 2.34 bits per heavy atom. The van der Waals surface area contributed by atoms with Gasteiger partial charge in [0.2, 0.25) is 0 Å². The third-order valence-electron chi connectivity index (χ3n) is 6.66. The molecule has 10 nitrogen and oxygen atoms in total. The van der Waals surface area contributed by atoms with Gasteiger partial charge in [-0.3, -0.25) is 0 Å². The molecule has 0 radical (unpaired) electrons. The summed E-state index contributed by atoms with van der Waals surface area (Å²) in [6, 6.07) is 18.1. The number of nitrogens with one attached hydrogen (secondary N) is 1. The van der Waals surface area contributed by atoms with E-state index >= 15 is 0 Å². The van der Waals surface area contributed by atoms with Crippen LogP contribution in [0.5, 0.6) is 5.75 Å². The lowest BCUT2D eigenvalue weighted by Crippen LogP contribution is -2.32. The first kappa shape index (κ1) is 26.5. The molecular weight excluding hydrogens is 561 g/mol. The Kier molecular flexibility index (Phi) is 6.49. The molecule has 0 saturated heterocycles. The molecule has 1 aliphatic carbocycles. The molecular formula is C27H21F3N6O4S. The fourth-order valence-corrected chi connectivity index (χ4v) is 6.06. The van der Waals surface area contributed by atoms with Gasteiger partial charge in [-0.05, 0) is 76.5 Å². The van der Waals surface area contributed by atoms with Crippen LogP contribution < -0.4 is 14.7 Å². The van der Waals surface area contributed by atoms with Crippen LogP contribution in [0.4, 0.5) is 19.0 Å². The number of pyridine rings is 1. The van der Waals surface area contributed by atoms with Gasteiger partial charge >= 0.3 is 12.1 Å². The lowest BCUT2D eigenvalue weighted by molar-refractivity contribution is -0.274. The molecule has 1 aliphatic rings. The first-order valence-electron chi connectivity index (χ1n) is 12.5. The number of nitrogens with zero attached hydrogens (tertiary/aromatic N) is 5. The summed E-state index contributed by atoms with van der Waals surface area (Å²) in [5, 5.41) is 11.0. The Bertz CT molecular complexity index is 1880. The van der Waals surface area contributed by atoms with Crippen molar-refractivity contribution in [3.63, 3.8) is 0 Å². The maximum absolute atomic E-state index is 14.2. The molecule has 1 N–H and O–H groups in total. The van der Waals surface area contributed by atoms with Gasteiger partial charge in [0.25, 0.3) is 10.0 Å². The Labute approximate surface area is 231 Å². The normalized spacial score (nSPS) is 13.8. The van der Waals surface area contributed by atoms with E-state index in [0.29, 0.717) is 11.3 Å². The first-order valence-corrected chi connectivity index (χ1v) is 13.9. The van der Waals surface area contributed by atoms with E-state index in [1.165, 1.54) is 40.7 Å². The van der Waals surface area contributed by atoms with Gasteiger partial charge in [-0.2, -0.15) is 4.68 Å². The maximum atomic E-state index is 14.2. The molecule has 0 atom stereocenters. The summed E-state index contributed by atoms with van der Waals surface area (Å²) in [7, 11) is -4.26. The van der Waals surface area contributed by atoms with Gasteiger partial charge in [0, 0.05) is 17.1 Å². The maximum Gasteiger partial charge on any atom is 0.573 e. The van der Waals surface area contributed by atoms with Crippen molar-refractivity contribution in [3.8, 4) is 11.4 Å². The molecule has 0 amide bonds. The summed E-state index contributed by atoms with van der Waals surface area (Å²) in [4.78, 5) is 16.4. The number of aromatic amines is 1. The van der Waals surface area contributed by atoms with Gasteiger partial charge in [0.15, 0.2) is 0 Å². The SMILES string of the molecule is O=c1[nH]nnn1-c1ccc(S(=O)(=O)N(Cc2ccc(OC(F)(F)F)cc2)c2ncc3ccccc3c2C2CC2)cc1. The number of anilines is 1. The van der Waals surface area contributed by atoms with E-state index in [0.717, 1.165) is 46.0 Å². The number of hydrogen-bond acceptors (Lipinski definition) is 7. The second kappa shape index (κ2) is 10.0. The second-order valence-corrected chi connectivity index (χ2v) is 11.3. The number of benzene rings is 3. The average molecular weight is 583 g/mol. The molecule has 0 aliphatic heterocycles. The number of H-pyrrole nitrogens is 1. The summed E-state index contributed by atoms with van der Waals surface area (Å²) in [6.07, 6.45) is -1.49. The summed E-state index contributed by atoms with van der Waals surface area (Å²) in [6.45, 7) is -0.204. The number of rotatable bonds is 8. The fourth-order valence-electron chi connectivity index (χ4n) is 4.64. The molecule has 0 bridgehead atoms. The summed E-state index contributed by atoms with van der Waals surface area (Å²) >= 11 is 0. The van der Waals surface area contributed by atoms with Gasteiger partial charge in [-0.25, -0.2) is 27.6 Å². The number of tetrazole rings is 1. The molecule has 2 aromatic heterocycles. The van der Waals surface area contributed by atoms with E-state index < -0.39 is 27.8 Å². The number of ether oxygens (including phenoxy) is 1. The van der Waals surface area contributed by atoms with Crippen LogP contribution in [0.25, 0.3) is 16.5 Å². The number of hydrogen-bond donors (Lipinski definition) is 1. The zero-order valence-corrected chi connectivity index (χ0v) is 21.9. The van der Waals surface area contributed by atoms with Crippen LogP contribution >= 0.6 is 0 Å². The molecule has 14 heteroatoms. The van der Waals surface area contributed by atoms with Crippen LogP contribution in [0.1, 0.15) is 29.9 Å². The summed E-state index contributed by atoms with van der Waals surface area (Å²) in [5.74, 6) is -0.0549. The highest BCUT2D eigenvalue weighted by molar-refractivity contribution is 7.92. The average Bonchev–Trinajstić information content (AvgIpc) is 3.70. The van der Waals surface area contributed by atoms with Gasteiger partial charge in [0.1, 0.15) is 11.6 Å². The van der Waals surface area contributed by atoms with Crippen molar-refractivity contribution in [1.29, 1.82) is 0 Å². The van der Waals surface area contributed by atoms with Crippen LogP contribution in [0, 0.1) is 0 Å². The molecule has 0 spiro atoms. The highest BCUT2D eigenvalue weighted by Crippen LogP contribution is 2.48. The predicted molar refractivity (Wildman–Crippen MR) is 142 cm³/mol. The quantitative estimate of drug-likeness (QED) is 0.282. The van der Waals surface area contributed by atoms with Crippen LogP contribution in [0.15, 0.2) is 88.7 Å². The second-order valence-electron chi connectivity index (χ2n) is 9.47. The van der Waals surface area contributed by atoms with Crippen molar-refractivity contribution >= 4 is 26.6 Å². The molecule has 0 unspecified atom stereocenters.